The quantitative estimate of drug-likeness (QED) is 0.686. The zero-order valence-electron chi connectivity index (χ0n) is 12.4. The molecule has 3 N–H and O–H groups in total. The van der Waals surface area contributed by atoms with Gasteiger partial charge in [0.05, 0.1) is 5.70 Å². The van der Waals surface area contributed by atoms with Crippen molar-refractivity contribution >= 4 is 12.0 Å². The molecule has 0 fully saturated rings. The third-order valence-corrected chi connectivity index (χ3v) is 2.78. The van der Waals surface area contributed by atoms with Gasteiger partial charge in [0.25, 0.3) is 0 Å². The van der Waals surface area contributed by atoms with Crippen molar-refractivity contribution in [3.63, 3.8) is 0 Å². The molecular formula is C13H23N3O4. The van der Waals surface area contributed by atoms with E-state index in [9.17, 15) is 14.7 Å². The Bertz CT molecular complexity index is 406. The largest absolute Gasteiger partial charge is 0.478 e. The van der Waals surface area contributed by atoms with Crippen LogP contribution in [0.2, 0.25) is 0 Å². The molecule has 2 amide bonds. The predicted molar refractivity (Wildman–Crippen MR) is 73.6 cm³/mol. The Hall–Kier alpha value is -1.76. The maximum Gasteiger partial charge on any atom is 0.338 e. The molecule has 0 bridgehead atoms. The summed E-state index contributed by atoms with van der Waals surface area (Å²) in [4.78, 5) is 28.6. The van der Waals surface area contributed by atoms with Crippen LogP contribution in [0.5, 0.6) is 0 Å². The minimum Gasteiger partial charge on any atom is -0.478 e. The van der Waals surface area contributed by atoms with E-state index in [1.807, 2.05) is 27.7 Å². The highest BCUT2D eigenvalue weighted by Gasteiger charge is 2.37. The number of amides is 2. The lowest BCUT2D eigenvalue weighted by atomic mass is 10.1. The van der Waals surface area contributed by atoms with Crippen LogP contribution in [-0.4, -0.2) is 41.0 Å². The number of aliphatic carboxylic acids is 1. The topological polar surface area (TPSA) is 90.9 Å². The van der Waals surface area contributed by atoms with E-state index in [-0.39, 0.29) is 11.6 Å². The molecular weight excluding hydrogens is 262 g/mol. The van der Waals surface area contributed by atoms with E-state index in [1.54, 1.807) is 5.06 Å². The zero-order valence-corrected chi connectivity index (χ0v) is 12.4. The first-order chi connectivity index (χ1) is 9.40. The summed E-state index contributed by atoms with van der Waals surface area (Å²) in [5.74, 6) is -1.07. The third-order valence-electron chi connectivity index (χ3n) is 2.78. The average Bonchev–Trinajstić information content (AvgIpc) is 2.65. The van der Waals surface area contributed by atoms with Crippen molar-refractivity contribution in [3.05, 3.63) is 11.3 Å². The van der Waals surface area contributed by atoms with Crippen molar-refractivity contribution in [3.8, 4) is 0 Å². The SMILES string of the molecule is CCCN1O[C@H](NC(=O)NC(C)C)C(C(=O)O)=C1CC. The van der Waals surface area contributed by atoms with Gasteiger partial charge in [-0.15, -0.1) is 0 Å². The lowest BCUT2D eigenvalue weighted by molar-refractivity contribution is -0.150. The molecule has 0 radical (unpaired) electrons. The van der Waals surface area contributed by atoms with Gasteiger partial charge >= 0.3 is 12.0 Å². The van der Waals surface area contributed by atoms with E-state index >= 15 is 0 Å². The summed E-state index contributed by atoms with van der Waals surface area (Å²) in [7, 11) is 0. The van der Waals surface area contributed by atoms with Crippen LogP contribution < -0.4 is 10.6 Å². The molecule has 0 aromatic rings. The fourth-order valence-electron chi connectivity index (χ4n) is 2.04. The Kier molecular flexibility index (Phi) is 5.82. The first kappa shape index (κ1) is 16.3. The molecule has 0 saturated carbocycles. The fraction of sp³-hybridized carbons (Fsp3) is 0.692. The molecule has 1 rings (SSSR count). The Morgan fingerprint density at radius 3 is 2.50 bits per heavy atom. The summed E-state index contributed by atoms with van der Waals surface area (Å²) in [6.45, 7) is 8.07. The van der Waals surface area contributed by atoms with E-state index in [0.717, 1.165) is 6.42 Å². The van der Waals surface area contributed by atoms with Crippen molar-refractivity contribution in [2.75, 3.05) is 6.54 Å². The Labute approximate surface area is 118 Å². The van der Waals surface area contributed by atoms with Gasteiger partial charge in [0, 0.05) is 12.6 Å². The third kappa shape index (κ3) is 3.86. The van der Waals surface area contributed by atoms with Crippen LogP contribution in [0.4, 0.5) is 4.79 Å². The number of nitrogens with zero attached hydrogens (tertiary/aromatic N) is 1. The van der Waals surface area contributed by atoms with E-state index < -0.39 is 18.2 Å². The van der Waals surface area contributed by atoms with Gasteiger partial charge in [0.2, 0.25) is 0 Å². The lowest BCUT2D eigenvalue weighted by Crippen LogP contribution is -2.46. The van der Waals surface area contributed by atoms with Crippen LogP contribution in [0.1, 0.15) is 40.5 Å². The maximum atomic E-state index is 11.7. The number of nitrogens with one attached hydrogen (secondary N) is 2. The molecule has 0 unspecified atom stereocenters. The number of hydrogen-bond acceptors (Lipinski definition) is 4. The average molecular weight is 285 g/mol. The van der Waals surface area contributed by atoms with Crippen LogP contribution >= 0.6 is 0 Å². The Morgan fingerprint density at radius 2 is 2.05 bits per heavy atom. The molecule has 7 nitrogen and oxygen atoms in total. The molecule has 0 spiro atoms. The summed E-state index contributed by atoms with van der Waals surface area (Å²) >= 11 is 0. The number of allylic oxidation sites excluding steroid dienone is 1. The van der Waals surface area contributed by atoms with E-state index in [0.29, 0.717) is 18.7 Å². The highest BCUT2D eigenvalue weighted by atomic mass is 16.7. The van der Waals surface area contributed by atoms with Crippen LogP contribution in [0.15, 0.2) is 11.3 Å². The van der Waals surface area contributed by atoms with Crippen LogP contribution in [0.25, 0.3) is 0 Å². The summed E-state index contributed by atoms with van der Waals surface area (Å²) in [6, 6.07) is -0.483. The molecule has 7 heteroatoms. The second-order valence-electron chi connectivity index (χ2n) is 4.88. The number of carboxylic acids is 1. The molecule has 1 aliphatic heterocycles. The van der Waals surface area contributed by atoms with Gasteiger partial charge in [0.15, 0.2) is 6.23 Å². The first-order valence-electron chi connectivity index (χ1n) is 6.88. The number of carbonyl (C=O) groups is 2. The van der Waals surface area contributed by atoms with E-state index in [2.05, 4.69) is 10.6 Å². The van der Waals surface area contributed by atoms with E-state index in [4.69, 9.17) is 4.84 Å². The molecule has 1 atom stereocenters. The Morgan fingerprint density at radius 1 is 1.40 bits per heavy atom. The smallest absolute Gasteiger partial charge is 0.338 e. The van der Waals surface area contributed by atoms with Gasteiger partial charge < -0.3 is 15.7 Å². The predicted octanol–water partition coefficient (Wildman–Crippen LogP) is 1.43. The molecule has 1 aliphatic rings. The second kappa shape index (κ2) is 7.14. The summed E-state index contributed by atoms with van der Waals surface area (Å²) in [6.07, 6.45) is 0.403. The fourth-order valence-corrected chi connectivity index (χ4v) is 2.04. The van der Waals surface area contributed by atoms with Gasteiger partial charge in [-0.25, -0.2) is 14.4 Å². The maximum absolute atomic E-state index is 11.7. The van der Waals surface area contributed by atoms with Crippen LogP contribution in [0.3, 0.4) is 0 Å². The number of hydroxylamine groups is 2. The van der Waals surface area contributed by atoms with Crippen LogP contribution in [-0.2, 0) is 9.63 Å². The summed E-state index contributed by atoms with van der Waals surface area (Å²) < 4.78 is 0. The van der Waals surface area contributed by atoms with Crippen LogP contribution in [0, 0.1) is 0 Å². The number of hydrogen-bond donors (Lipinski definition) is 3. The van der Waals surface area contributed by atoms with Gasteiger partial charge in [-0.05, 0) is 26.7 Å². The molecule has 0 aliphatic carbocycles. The number of rotatable bonds is 6. The number of carboxylic acid groups (broad SMARTS) is 1. The van der Waals surface area contributed by atoms with Gasteiger partial charge in [-0.2, -0.15) is 0 Å². The minimum absolute atomic E-state index is 0.0361. The Balaban J connectivity index is 2.88. The van der Waals surface area contributed by atoms with Crippen molar-refractivity contribution in [1.82, 2.24) is 15.7 Å². The molecule has 114 valence electrons. The normalized spacial score (nSPS) is 18.6. The zero-order chi connectivity index (χ0) is 15.3. The van der Waals surface area contributed by atoms with Gasteiger partial charge in [0.1, 0.15) is 5.57 Å². The highest BCUT2D eigenvalue weighted by Crippen LogP contribution is 2.27. The molecule has 0 aromatic carbocycles. The monoisotopic (exact) mass is 285 g/mol. The van der Waals surface area contributed by atoms with Crippen molar-refractivity contribution < 1.29 is 19.5 Å². The number of urea groups is 1. The lowest BCUT2D eigenvalue weighted by Gasteiger charge is -2.21. The van der Waals surface area contributed by atoms with Crippen molar-refractivity contribution in [2.24, 2.45) is 0 Å². The van der Waals surface area contributed by atoms with Crippen molar-refractivity contribution in [2.45, 2.75) is 52.8 Å². The van der Waals surface area contributed by atoms with Gasteiger partial charge in [-0.1, -0.05) is 13.8 Å². The highest BCUT2D eigenvalue weighted by molar-refractivity contribution is 5.90. The summed E-state index contributed by atoms with van der Waals surface area (Å²) in [5, 5.41) is 16.1. The molecule has 0 aromatic heterocycles. The summed E-state index contributed by atoms with van der Waals surface area (Å²) in [5.41, 5.74) is 0.703. The second-order valence-corrected chi connectivity index (χ2v) is 4.88. The number of carbonyl (C=O) groups excluding carboxylic acids is 1. The van der Waals surface area contributed by atoms with Crippen molar-refractivity contribution in [1.29, 1.82) is 0 Å². The van der Waals surface area contributed by atoms with Gasteiger partial charge in [-0.3, -0.25) is 5.06 Å². The minimum atomic E-state index is -1.07. The van der Waals surface area contributed by atoms with E-state index in [1.165, 1.54) is 0 Å². The standard InChI is InChI=1S/C13H23N3O4/c1-5-7-16-9(6-2)10(12(17)18)11(20-16)15-13(19)14-8(3)4/h8,11H,5-7H2,1-4H3,(H,17,18)(H2,14,15,19)/t11-/m0/s1. The molecule has 20 heavy (non-hydrogen) atoms. The molecule has 0 saturated heterocycles. The first-order valence-corrected chi connectivity index (χ1v) is 6.88. The molecule has 1 heterocycles.